The van der Waals surface area contributed by atoms with Crippen molar-refractivity contribution in [3.8, 4) is 33.4 Å². The minimum Gasteiger partial charge on any atom is -0.463 e. The van der Waals surface area contributed by atoms with Gasteiger partial charge in [-0.25, -0.2) is 14.8 Å². The molecule has 3 aromatic carbocycles. The molecular weight excluding hydrogens is 941 g/mol. The Bertz CT molecular complexity index is 3390. The molecule has 8 rings (SSSR count). The first-order valence-corrected chi connectivity index (χ1v) is 28.3. The Hall–Kier alpha value is -6.53. The van der Waals surface area contributed by atoms with Crippen LogP contribution in [0, 0.1) is 0 Å². The van der Waals surface area contributed by atoms with E-state index in [2.05, 4.69) is 245 Å². The molecule has 6 nitrogen and oxygen atoms in total. The van der Waals surface area contributed by atoms with Gasteiger partial charge in [-0.15, -0.1) is 0 Å². The maximum atomic E-state index is 13.4. The normalized spacial score (nSPS) is 13.7. The highest BCUT2D eigenvalue weighted by Crippen LogP contribution is 2.43. The van der Waals surface area contributed by atoms with E-state index in [1.807, 2.05) is 6.08 Å². The van der Waals surface area contributed by atoms with Crippen LogP contribution in [0.1, 0.15) is 213 Å². The van der Waals surface area contributed by atoms with Gasteiger partial charge in [-0.05, 0) is 144 Å². The number of fused-ring (bicyclic) bond motifs is 8. The van der Waals surface area contributed by atoms with Crippen molar-refractivity contribution >= 4 is 51.8 Å². The van der Waals surface area contributed by atoms with Gasteiger partial charge < -0.3 is 14.7 Å². The third-order valence-corrected chi connectivity index (χ3v) is 15.2. The summed E-state index contributed by atoms with van der Waals surface area (Å²) in [6.07, 6.45) is 14.1. The van der Waals surface area contributed by atoms with Gasteiger partial charge >= 0.3 is 5.97 Å². The summed E-state index contributed by atoms with van der Waals surface area (Å²) >= 11 is 0. The number of carbonyl (C=O) groups excluding carboxylic acids is 1. The van der Waals surface area contributed by atoms with Crippen molar-refractivity contribution < 1.29 is 9.53 Å². The quantitative estimate of drug-likeness (QED) is 0.0812. The summed E-state index contributed by atoms with van der Waals surface area (Å²) in [7, 11) is 0. The van der Waals surface area contributed by atoms with Crippen molar-refractivity contribution in [3.63, 3.8) is 0 Å². The van der Waals surface area contributed by atoms with Crippen LogP contribution in [0.4, 0.5) is 0 Å². The Balaban J connectivity index is 1.56. The first-order chi connectivity index (χ1) is 35.8. The number of carbonyl (C=O) groups is 1. The number of allylic oxidation sites excluding steroid dienone is 2. The van der Waals surface area contributed by atoms with Gasteiger partial charge in [0.2, 0.25) is 0 Å². The predicted molar refractivity (Wildman–Crippen MR) is 331 cm³/mol. The fourth-order valence-electron chi connectivity index (χ4n) is 10.1. The number of unbranched alkanes of at least 4 members (excludes halogenated alkanes) is 3. The first-order valence-electron chi connectivity index (χ1n) is 28.3. The molecular formula is C71H88N4O2. The van der Waals surface area contributed by atoms with E-state index in [4.69, 9.17) is 14.7 Å². The summed E-state index contributed by atoms with van der Waals surface area (Å²) in [5, 5.41) is 0. The number of H-pyrrole nitrogens is 2. The lowest BCUT2D eigenvalue weighted by atomic mass is 9.78. The van der Waals surface area contributed by atoms with Crippen LogP contribution in [0.15, 0.2) is 97.1 Å². The molecule has 0 unspecified atom stereocenters. The fraction of sp³-hybridized carbons (Fsp3) is 0.423. The number of hydrogen-bond donors (Lipinski definition) is 2. The van der Waals surface area contributed by atoms with Crippen molar-refractivity contribution in [2.45, 2.75) is 190 Å². The van der Waals surface area contributed by atoms with E-state index in [9.17, 15) is 4.79 Å². The van der Waals surface area contributed by atoms with Gasteiger partial charge in [-0.3, -0.25) is 0 Å². The molecule has 0 aliphatic carbocycles. The Morgan fingerprint density at radius 3 is 1.26 bits per heavy atom. The van der Waals surface area contributed by atoms with Crippen LogP contribution >= 0.6 is 0 Å². The number of aromatic amines is 2. The number of nitrogens with one attached hydrogen (secondary N) is 2. The minimum absolute atomic E-state index is 0.103. The van der Waals surface area contributed by atoms with Crippen LogP contribution in [0.5, 0.6) is 0 Å². The lowest BCUT2D eigenvalue weighted by molar-refractivity contribution is -0.137. The van der Waals surface area contributed by atoms with Gasteiger partial charge in [-0.2, -0.15) is 0 Å². The number of nitrogens with zero attached hydrogens (tertiary/aromatic N) is 2. The summed E-state index contributed by atoms with van der Waals surface area (Å²) in [6.45, 7) is 43.9. The number of benzene rings is 3. The van der Waals surface area contributed by atoms with Gasteiger partial charge in [0.15, 0.2) is 0 Å². The topological polar surface area (TPSA) is 83.7 Å². The second kappa shape index (κ2) is 21.0. The highest BCUT2D eigenvalue weighted by Gasteiger charge is 2.28. The first kappa shape index (κ1) is 56.7. The van der Waals surface area contributed by atoms with E-state index >= 15 is 0 Å². The Labute approximate surface area is 462 Å². The molecule has 0 fully saturated rings. The largest absolute Gasteiger partial charge is 0.463 e. The molecule has 77 heavy (non-hydrogen) atoms. The Kier molecular flexibility index (Phi) is 15.5. The van der Waals surface area contributed by atoms with Crippen LogP contribution in [0.25, 0.3) is 79.2 Å². The highest BCUT2D eigenvalue weighted by atomic mass is 16.5. The van der Waals surface area contributed by atoms with Crippen molar-refractivity contribution in [2.75, 3.05) is 6.61 Å². The maximum absolute atomic E-state index is 13.4. The molecule has 6 aromatic rings. The number of ether oxygens (including phenoxy) is 1. The summed E-state index contributed by atoms with van der Waals surface area (Å²) in [5.41, 5.74) is 21.0. The van der Waals surface area contributed by atoms with Crippen LogP contribution in [-0.4, -0.2) is 32.5 Å². The Morgan fingerprint density at radius 2 is 0.857 bits per heavy atom. The zero-order chi connectivity index (χ0) is 56.2. The second-order valence-electron chi connectivity index (χ2n) is 28.0. The van der Waals surface area contributed by atoms with Crippen molar-refractivity contribution in [1.82, 2.24) is 19.9 Å². The highest BCUT2D eigenvalue weighted by molar-refractivity contribution is 6.01. The third kappa shape index (κ3) is 12.9. The van der Waals surface area contributed by atoms with E-state index in [1.54, 1.807) is 6.08 Å². The fourth-order valence-corrected chi connectivity index (χ4v) is 10.1. The van der Waals surface area contributed by atoms with E-state index in [1.165, 1.54) is 33.4 Å². The van der Waals surface area contributed by atoms with Gasteiger partial charge in [-0.1, -0.05) is 205 Å². The van der Waals surface area contributed by atoms with Crippen molar-refractivity contribution in [2.24, 2.45) is 0 Å². The van der Waals surface area contributed by atoms with E-state index < -0.39 is 0 Å². The molecule has 2 aliphatic heterocycles. The monoisotopic (exact) mass is 1030 g/mol. The molecule has 0 radical (unpaired) electrons. The standard InChI is InChI=1S/C71H88N4O2/c1-20-21-22-23-32-77-62(76)31-24-44-39-61-65(47-37-52(70(14,15)16)42-53(38-47)71(17,18)19)59-30-29-58(74-59)64(46-35-50(68(8,9)10)41-51(36-46)69(11,12)13)57-28-27-56(73-57)63(55-26-25-54(72-55)43-60(44)75-61)45-33-48(66(2,3)4)40-49(34-45)67(5,6)7/h24-31,33-43,72,74H,20-23,32H2,1-19H3/b31-24+,54-43?,60-43?,63-55?,63-56?,64-57?,64-58?,65-59?,65-61?. The Morgan fingerprint density at radius 1 is 0.468 bits per heavy atom. The smallest absolute Gasteiger partial charge is 0.330 e. The molecule has 8 bridgehead atoms. The SMILES string of the molecule is CCCCCCOC(=O)/C=C/C1=Cc2nc1cc1ccc([nH]1)c(-c1cc(C(C)(C)C)cc(C(C)(C)C)c1)c1nc(c(-c3cc(C(C)(C)C)cc(C(C)(C)C)c3)c3ccc([nH]3)c2-c2cc(C(C)(C)C)cc(C(C)(C)C)c2)C=C1. The number of hydrogen-bond acceptors (Lipinski definition) is 4. The summed E-state index contributed by atoms with van der Waals surface area (Å²) in [4.78, 5) is 32.7. The lowest BCUT2D eigenvalue weighted by Crippen LogP contribution is -2.16. The van der Waals surface area contributed by atoms with E-state index in [0.29, 0.717) is 6.61 Å². The van der Waals surface area contributed by atoms with Gasteiger partial charge in [0.05, 0.1) is 29.4 Å². The summed E-state index contributed by atoms with van der Waals surface area (Å²) in [5.74, 6) is -0.359. The average Bonchev–Trinajstić information content (AvgIpc) is 4.16. The molecule has 2 aliphatic rings. The molecule has 0 amide bonds. The van der Waals surface area contributed by atoms with Crippen LogP contribution in [0.2, 0.25) is 0 Å². The molecule has 2 N–H and O–H groups in total. The molecule has 3 aromatic heterocycles. The maximum Gasteiger partial charge on any atom is 0.330 e. The molecule has 0 saturated heterocycles. The van der Waals surface area contributed by atoms with Gasteiger partial charge in [0.1, 0.15) is 0 Å². The molecule has 0 saturated carbocycles. The summed E-state index contributed by atoms with van der Waals surface area (Å²) < 4.78 is 5.74. The third-order valence-electron chi connectivity index (χ3n) is 15.2. The van der Waals surface area contributed by atoms with Gasteiger partial charge in [0, 0.05) is 50.4 Å². The predicted octanol–water partition coefficient (Wildman–Crippen LogP) is 19.5. The number of esters is 1. The van der Waals surface area contributed by atoms with Gasteiger partial charge in [0.25, 0.3) is 0 Å². The zero-order valence-corrected chi connectivity index (χ0v) is 50.2. The average molecular weight is 1030 g/mol. The molecule has 6 heteroatoms. The molecule has 404 valence electrons. The molecule has 5 heterocycles. The van der Waals surface area contributed by atoms with Crippen molar-refractivity contribution in [3.05, 3.63) is 153 Å². The number of rotatable bonds is 10. The van der Waals surface area contributed by atoms with Crippen LogP contribution < -0.4 is 0 Å². The van der Waals surface area contributed by atoms with Crippen molar-refractivity contribution in [1.29, 1.82) is 0 Å². The number of aromatic nitrogens is 4. The van der Waals surface area contributed by atoms with Crippen LogP contribution in [0.3, 0.4) is 0 Å². The molecule has 0 spiro atoms. The molecule has 0 atom stereocenters. The minimum atomic E-state index is -0.359. The summed E-state index contributed by atoms with van der Waals surface area (Å²) in [6, 6.07) is 32.2. The lowest BCUT2D eigenvalue weighted by Gasteiger charge is -2.26. The van der Waals surface area contributed by atoms with Crippen LogP contribution in [-0.2, 0) is 42.0 Å². The van der Waals surface area contributed by atoms with E-state index in [-0.39, 0.29) is 38.5 Å². The second-order valence-corrected chi connectivity index (χ2v) is 28.0. The van der Waals surface area contributed by atoms with E-state index in [0.717, 1.165) is 109 Å². The zero-order valence-electron chi connectivity index (χ0n) is 50.2.